The third-order valence-electron chi connectivity index (χ3n) is 4.41. The van der Waals surface area contributed by atoms with E-state index in [-0.39, 0.29) is 6.10 Å². The fraction of sp³-hybridized carbons (Fsp3) is 0.800. The van der Waals surface area contributed by atoms with Gasteiger partial charge >= 0.3 is 0 Å². The van der Waals surface area contributed by atoms with E-state index in [9.17, 15) is 0 Å². The second-order valence-corrected chi connectivity index (χ2v) is 5.76. The SMILES string of the molecule is CCn1cc([C@@H]2OCC[C@@H]2CNC2CCOCC2)cn1. The van der Waals surface area contributed by atoms with Gasteiger partial charge in [0.15, 0.2) is 0 Å². The summed E-state index contributed by atoms with van der Waals surface area (Å²) in [5, 5.41) is 8.06. The van der Waals surface area contributed by atoms with Gasteiger partial charge in [0.2, 0.25) is 0 Å². The first-order valence-electron chi connectivity index (χ1n) is 7.82. The second kappa shape index (κ2) is 6.70. The second-order valence-electron chi connectivity index (χ2n) is 5.76. The fourth-order valence-electron chi connectivity index (χ4n) is 3.13. The maximum Gasteiger partial charge on any atom is 0.0896 e. The van der Waals surface area contributed by atoms with Crippen LogP contribution in [0.25, 0.3) is 0 Å². The molecule has 1 aromatic heterocycles. The van der Waals surface area contributed by atoms with Crippen LogP contribution in [0.5, 0.6) is 0 Å². The van der Waals surface area contributed by atoms with Crippen molar-refractivity contribution in [1.82, 2.24) is 15.1 Å². The number of nitrogens with zero attached hydrogens (tertiary/aromatic N) is 2. The molecule has 0 unspecified atom stereocenters. The summed E-state index contributed by atoms with van der Waals surface area (Å²) >= 11 is 0. The van der Waals surface area contributed by atoms with E-state index in [0.717, 1.165) is 52.2 Å². The standard InChI is InChI=1S/C15H25N3O2/c1-2-18-11-13(10-17-18)15-12(3-8-20-15)9-16-14-4-6-19-7-5-14/h10-12,14-16H,2-9H2,1H3/t12-,15-/m1/s1. The first kappa shape index (κ1) is 14.0. The summed E-state index contributed by atoms with van der Waals surface area (Å²) in [5.74, 6) is 0.562. The van der Waals surface area contributed by atoms with Crippen LogP contribution in [-0.4, -0.2) is 42.2 Å². The van der Waals surface area contributed by atoms with Crippen molar-refractivity contribution in [2.75, 3.05) is 26.4 Å². The summed E-state index contributed by atoms with van der Waals surface area (Å²) in [5.41, 5.74) is 1.23. The zero-order chi connectivity index (χ0) is 13.8. The molecule has 0 amide bonds. The Morgan fingerprint density at radius 3 is 2.90 bits per heavy atom. The van der Waals surface area contributed by atoms with E-state index in [1.807, 2.05) is 10.9 Å². The molecule has 5 nitrogen and oxygen atoms in total. The summed E-state index contributed by atoms with van der Waals surface area (Å²) in [4.78, 5) is 0. The molecular weight excluding hydrogens is 254 g/mol. The lowest BCUT2D eigenvalue weighted by Crippen LogP contribution is -2.38. The Kier molecular flexibility index (Phi) is 4.70. The number of hydrogen-bond donors (Lipinski definition) is 1. The van der Waals surface area contributed by atoms with Crippen molar-refractivity contribution in [1.29, 1.82) is 0 Å². The van der Waals surface area contributed by atoms with Crippen molar-refractivity contribution >= 4 is 0 Å². The van der Waals surface area contributed by atoms with Gasteiger partial charge < -0.3 is 14.8 Å². The number of ether oxygens (including phenoxy) is 2. The summed E-state index contributed by atoms with van der Waals surface area (Å²) in [6, 6.07) is 0.614. The molecule has 0 aliphatic carbocycles. The highest BCUT2D eigenvalue weighted by Crippen LogP contribution is 2.34. The number of rotatable bonds is 5. The van der Waals surface area contributed by atoms with Gasteiger partial charge in [-0.2, -0.15) is 5.10 Å². The summed E-state index contributed by atoms with van der Waals surface area (Å²) < 4.78 is 13.3. The lowest BCUT2D eigenvalue weighted by atomic mass is 9.96. The molecule has 5 heteroatoms. The minimum atomic E-state index is 0.211. The maximum atomic E-state index is 5.93. The zero-order valence-corrected chi connectivity index (χ0v) is 12.3. The lowest BCUT2D eigenvalue weighted by Gasteiger charge is -2.26. The van der Waals surface area contributed by atoms with Gasteiger partial charge in [-0.05, 0) is 26.2 Å². The van der Waals surface area contributed by atoms with E-state index >= 15 is 0 Å². The molecule has 0 bridgehead atoms. The zero-order valence-electron chi connectivity index (χ0n) is 12.3. The van der Waals surface area contributed by atoms with Crippen molar-refractivity contribution in [2.45, 2.75) is 44.9 Å². The molecule has 2 fully saturated rings. The molecule has 0 radical (unpaired) electrons. The highest BCUT2D eigenvalue weighted by atomic mass is 16.5. The molecule has 1 aromatic rings. The molecule has 2 aliphatic rings. The predicted octanol–water partition coefficient (Wildman–Crippen LogP) is 1.75. The summed E-state index contributed by atoms with van der Waals surface area (Å²) in [6.45, 7) is 6.71. The van der Waals surface area contributed by atoms with Gasteiger partial charge in [0, 0.05) is 56.6 Å². The van der Waals surface area contributed by atoms with E-state index in [1.165, 1.54) is 5.56 Å². The monoisotopic (exact) mass is 279 g/mol. The highest BCUT2D eigenvalue weighted by molar-refractivity contribution is 5.11. The quantitative estimate of drug-likeness (QED) is 0.892. The Morgan fingerprint density at radius 2 is 2.15 bits per heavy atom. The summed E-state index contributed by atoms with van der Waals surface area (Å²) in [7, 11) is 0. The largest absolute Gasteiger partial charge is 0.381 e. The van der Waals surface area contributed by atoms with Crippen LogP contribution in [-0.2, 0) is 16.0 Å². The van der Waals surface area contributed by atoms with Gasteiger partial charge in [-0.1, -0.05) is 0 Å². The average molecular weight is 279 g/mol. The third-order valence-corrected chi connectivity index (χ3v) is 4.41. The molecule has 2 aliphatic heterocycles. The van der Waals surface area contributed by atoms with E-state index in [4.69, 9.17) is 9.47 Å². The van der Waals surface area contributed by atoms with Crippen LogP contribution in [0.3, 0.4) is 0 Å². The average Bonchev–Trinajstić information content (AvgIpc) is 3.14. The first-order chi connectivity index (χ1) is 9.86. The molecule has 1 N–H and O–H groups in total. The van der Waals surface area contributed by atoms with Gasteiger partial charge in [0.1, 0.15) is 0 Å². The van der Waals surface area contributed by atoms with Gasteiger partial charge in [-0.25, -0.2) is 0 Å². The van der Waals surface area contributed by atoms with Gasteiger partial charge in [-0.15, -0.1) is 0 Å². The lowest BCUT2D eigenvalue weighted by molar-refractivity contribution is 0.0702. The van der Waals surface area contributed by atoms with Gasteiger partial charge in [0.25, 0.3) is 0 Å². The molecular formula is C15H25N3O2. The molecule has 3 heterocycles. The van der Waals surface area contributed by atoms with Crippen molar-refractivity contribution in [3.05, 3.63) is 18.0 Å². The van der Waals surface area contributed by atoms with Crippen LogP contribution in [0.15, 0.2) is 12.4 Å². The van der Waals surface area contributed by atoms with Crippen LogP contribution in [0, 0.1) is 5.92 Å². The first-order valence-corrected chi connectivity index (χ1v) is 7.82. The van der Waals surface area contributed by atoms with Crippen molar-refractivity contribution in [2.24, 2.45) is 5.92 Å². The molecule has 0 spiro atoms. The Labute approximate surface area is 120 Å². The Hall–Kier alpha value is -0.910. The van der Waals surface area contributed by atoms with Crippen LogP contribution >= 0.6 is 0 Å². The molecule has 20 heavy (non-hydrogen) atoms. The predicted molar refractivity (Wildman–Crippen MR) is 76.5 cm³/mol. The number of aromatic nitrogens is 2. The van der Waals surface area contributed by atoms with Crippen LogP contribution < -0.4 is 5.32 Å². The third kappa shape index (κ3) is 3.22. The Balaban J connectivity index is 1.54. The Morgan fingerprint density at radius 1 is 1.30 bits per heavy atom. The van der Waals surface area contributed by atoms with Gasteiger partial charge in [0.05, 0.1) is 12.3 Å². The maximum absolute atomic E-state index is 5.93. The van der Waals surface area contributed by atoms with Crippen molar-refractivity contribution in [3.8, 4) is 0 Å². The smallest absolute Gasteiger partial charge is 0.0896 e. The van der Waals surface area contributed by atoms with E-state index in [1.54, 1.807) is 0 Å². The van der Waals surface area contributed by atoms with Crippen molar-refractivity contribution < 1.29 is 9.47 Å². The van der Waals surface area contributed by atoms with Crippen LogP contribution in [0.2, 0.25) is 0 Å². The fourth-order valence-corrected chi connectivity index (χ4v) is 3.13. The number of aryl methyl sites for hydroxylation is 1. The van der Waals surface area contributed by atoms with E-state index in [2.05, 4.69) is 23.5 Å². The highest BCUT2D eigenvalue weighted by Gasteiger charge is 2.31. The van der Waals surface area contributed by atoms with Crippen LogP contribution in [0.1, 0.15) is 37.9 Å². The Bertz CT molecular complexity index is 415. The minimum absolute atomic E-state index is 0.211. The number of nitrogens with one attached hydrogen (secondary N) is 1. The van der Waals surface area contributed by atoms with E-state index < -0.39 is 0 Å². The van der Waals surface area contributed by atoms with Crippen molar-refractivity contribution in [3.63, 3.8) is 0 Å². The van der Waals surface area contributed by atoms with Crippen LogP contribution in [0.4, 0.5) is 0 Å². The normalized spacial score (nSPS) is 28.1. The molecule has 0 aromatic carbocycles. The molecule has 2 saturated heterocycles. The summed E-state index contributed by atoms with van der Waals surface area (Å²) in [6.07, 6.45) is 7.69. The molecule has 112 valence electrons. The van der Waals surface area contributed by atoms with E-state index in [0.29, 0.717) is 12.0 Å². The molecule has 0 saturated carbocycles. The van der Waals surface area contributed by atoms with Gasteiger partial charge in [-0.3, -0.25) is 4.68 Å². The molecule has 3 rings (SSSR count). The molecule has 2 atom stereocenters. The minimum Gasteiger partial charge on any atom is -0.381 e. The topological polar surface area (TPSA) is 48.3 Å². The number of hydrogen-bond acceptors (Lipinski definition) is 4.